The molecule has 1 amide bonds. The third-order valence-corrected chi connectivity index (χ3v) is 2.06. The average molecular weight is 338 g/mol. The first-order chi connectivity index (χ1) is 6.25. The molecule has 0 saturated carbocycles. The molecule has 0 aliphatic rings. The summed E-state index contributed by atoms with van der Waals surface area (Å²) in [6.07, 6.45) is 3.09. The quantitative estimate of drug-likeness (QED) is 0.586. The topological polar surface area (TPSA) is 40.9 Å². The molecule has 0 atom stereocenters. The van der Waals surface area contributed by atoms with E-state index in [-0.39, 0.29) is 51.0 Å². The van der Waals surface area contributed by atoms with Gasteiger partial charge in [0.2, 0.25) is 0 Å². The maximum absolute atomic E-state index is 10.9. The van der Waals surface area contributed by atoms with Crippen LogP contribution < -0.4 is 24.8 Å². The average Bonchev–Trinajstić information content (AvgIpc) is 2.15. The summed E-state index contributed by atoms with van der Waals surface area (Å²) in [5.74, 6) is -0.577. The molecule has 1 aromatic carbocycles. The molecule has 2 nitrogen and oxygen atoms in total. The van der Waals surface area contributed by atoms with Gasteiger partial charge in [0.15, 0.2) is 0 Å². The van der Waals surface area contributed by atoms with E-state index in [0.717, 1.165) is 24.8 Å². The summed E-state index contributed by atoms with van der Waals surface area (Å²) in [5, 5.41) is 0. The number of hydrogen-bond acceptors (Lipinski definition) is 1. The Morgan fingerprint density at radius 3 is 2.31 bits per heavy atom. The van der Waals surface area contributed by atoms with Crippen LogP contribution in [0.5, 0.6) is 0 Å². The van der Waals surface area contributed by atoms with Gasteiger partial charge in [-0.15, -0.1) is 0 Å². The maximum atomic E-state index is 10.9. The van der Waals surface area contributed by atoms with Crippen molar-refractivity contribution in [1.82, 2.24) is 0 Å². The van der Waals surface area contributed by atoms with Crippen LogP contribution >= 0.6 is 0 Å². The molecule has 0 aliphatic carbocycles. The van der Waals surface area contributed by atoms with E-state index in [1.165, 1.54) is 0 Å². The molecular formula is C11H14Cl2NOZr. The molecule has 87 valence electrons. The first kappa shape index (κ1) is 21.4. The molecule has 0 aromatic heterocycles. The third kappa shape index (κ3) is 6.67. The van der Waals surface area contributed by atoms with Crippen LogP contribution in [-0.4, -0.2) is 5.91 Å². The van der Waals surface area contributed by atoms with Crippen molar-refractivity contribution in [2.45, 2.75) is 26.2 Å². The second-order valence-corrected chi connectivity index (χ2v) is 3.09. The van der Waals surface area contributed by atoms with Gasteiger partial charge in [-0.2, -0.15) is 0 Å². The van der Waals surface area contributed by atoms with Crippen LogP contribution in [0.4, 0.5) is 0 Å². The summed E-state index contributed by atoms with van der Waals surface area (Å²) in [5.41, 5.74) is 8.61. The summed E-state index contributed by atoms with van der Waals surface area (Å²) in [4.78, 5) is 10.9. The molecular weight excluding hydrogens is 324 g/mol. The van der Waals surface area contributed by atoms with E-state index in [2.05, 4.69) is 6.92 Å². The summed E-state index contributed by atoms with van der Waals surface area (Å²) < 4.78 is 0. The maximum Gasteiger partial charge on any atom is 3.00 e. The van der Waals surface area contributed by atoms with E-state index in [1.54, 1.807) is 12.1 Å². The number of hydrogen-bond donors (Lipinski definition) is 0. The van der Waals surface area contributed by atoms with Crippen molar-refractivity contribution in [3.05, 3.63) is 41.1 Å². The zero-order valence-electron chi connectivity index (χ0n) is 9.09. The number of aryl methyl sites for hydroxylation is 1. The summed E-state index contributed by atoms with van der Waals surface area (Å²) in [6, 6.07) is 7.37. The van der Waals surface area contributed by atoms with E-state index in [1.807, 2.05) is 12.1 Å². The van der Waals surface area contributed by atoms with Gasteiger partial charge in [0.05, 0.1) is 5.91 Å². The molecule has 0 bridgehead atoms. The number of rotatable bonds is 4. The minimum Gasteiger partial charge on any atom is -1.00 e. The molecule has 5 heteroatoms. The smallest absolute Gasteiger partial charge is 1.00 e. The Balaban J connectivity index is -0.000000563. The summed E-state index contributed by atoms with van der Waals surface area (Å²) in [7, 11) is 0. The number of nitrogens with one attached hydrogen (secondary N) is 1. The largest absolute Gasteiger partial charge is 3.00 e. The molecule has 1 rings (SSSR count). The Labute approximate surface area is 128 Å². The minimum atomic E-state index is -0.577. The monoisotopic (exact) mass is 336 g/mol. The summed E-state index contributed by atoms with van der Waals surface area (Å²) >= 11 is 0. The van der Waals surface area contributed by atoms with Crippen molar-refractivity contribution in [2.24, 2.45) is 0 Å². The van der Waals surface area contributed by atoms with Crippen LogP contribution in [0, 0.1) is 0 Å². The Morgan fingerprint density at radius 2 is 1.81 bits per heavy atom. The Hall–Kier alpha value is 0.153. The van der Waals surface area contributed by atoms with E-state index in [9.17, 15) is 4.79 Å². The van der Waals surface area contributed by atoms with Crippen molar-refractivity contribution in [3.63, 3.8) is 0 Å². The van der Waals surface area contributed by atoms with Gasteiger partial charge in [0, 0.05) is 5.56 Å². The summed E-state index contributed by atoms with van der Waals surface area (Å²) in [6.45, 7) is 2.12. The molecule has 0 heterocycles. The Morgan fingerprint density at radius 1 is 1.25 bits per heavy atom. The second kappa shape index (κ2) is 11.6. The second-order valence-electron chi connectivity index (χ2n) is 3.09. The molecule has 0 spiro atoms. The van der Waals surface area contributed by atoms with Gasteiger partial charge in [-0.3, -0.25) is 0 Å². The van der Waals surface area contributed by atoms with Crippen LogP contribution in [0.25, 0.3) is 5.73 Å². The Bertz CT molecular complexity index is 308. The Kier molecular flexibility index (Phi) is 15.6. The van der Waals surface area contributed by atoms with Gasteiger partial charge in [-0.05, 0) is 18.4 Å². The van der Waals surface area contributed by atoms with Crippen molar-refractivity contribution < 1.29 is 55.8 Å². The molecule has 0 unspecified atom stereocenters. The third-order valence-electron chi connectivity index (χ3n) is 2.06. The van der Waals surface area contributed by atoms with Crippen LogP contribution in [0.15, 0.2) is 24.3 Å². The molecule has 0 fully saturated rings. The molecule has 0 aliphatic heterocycles. The van der Waals surface area contributed by atoms with Crippen LogP contribution in [0.1, 0.15) is 35.7 Å². The fraction of sp³-hybridized carbons (Fsp3) is 0.364. The van der Waals surface area contributed by atoms with E-state index < -0.39 is 5.91 Å². The minimum absolute atomic E-state index is 0. The van der Waals surface area contributed by atoms with Gasteiger partial charge >= 0.3 is 26.2 Å². The van der Waals surface area contributed by atoms with E-state index in [0.29, 0.717) is 5.56 Å². The van der Waals surface area contributed by atoms with E-state index >= 15 is 0 Å². The van der Waals surface area contributed by atoms with Gasteiger partial charge in [0.25, 0.3) is 0 Å². The number of carbonyl (C=O) groups is 1. The standard InChI is InChI=1S/C11H15NO.2ClH.Zr/c1-2-3-6-9-7-4-5-8-10(9)11(12)13;;;/h4-5,7-8H,2-3,6H2,1H3,(H2,12,13);2*1H;/q;;;+3/p-3. The molecule has 16 heavy (non-hydrogen) atoms. The van der Waals surface area contributed by atoms with Crippen molar-refractivity contribution >= 4 is 5.91 Å². The number of halogens is 2. The normalized spacial score (nSPS) is 8.06. The first-order valence-electron chi connectivity index (χ1n) is 4.59. The van der Waals surface area contributed by atoms with Gasteiger partial charge < -0.3 is 35.3 Å². The number of benzene rings is 1. The van der Waals surface area contributed by atoms with Crippen LogP contribution in [0.3, 0.4) is 0 Å². The zero-order chi connectivity index (χ0) is 9.68. The van der Waals surface area contributed by atoms with Crippen molar-refractivity contribution in [2.75, 3.05) is 0 Å². The molecule has 1 N–H and O–H groups in total. The van der Waals surface area contributed by atoms with Gasteiger partial charge in [-0.1, -0.05) is 37.6 Å². The number of amides is 1. The number of carbonyl (C=O) groups excluding carboxylic acids is 1. The van der Waals surface area contributed by atoms with Gasteiger partial charge in [-0.25, -0.2) is 0 Å². The predicted octanol–water partition coefficient (Wildman–Crippen LogP) is -2.77. The molecule has 1 radical (unpaired) electrons. The van der Waals surface area contributed by atoms with Crippen LogP contribution in [-0.2, 0) is 32.6 Å². The zero-order valence-corrected chi connectivity index (χ0v) is 13.1. The fourth-order valence-corrected chi connectivity index (χ4v) is 1.33. The molecule has 0 saturated heterocycles. The fourth-order valence-electron chi connectivity index (χ4n) is 1.33. The van der Waals surface area contributed by atoms with Gasteiger partial charge in [0.1, 0.15) is 0 Å². The van der Waals surface area contributed by atoms with E-state index in [4.69, 9.17) is 5.73 Å². The first-order valence-corrected chi connectivity index (χ1v) is 4.59. The predicted molar refractivity (Wildman–Crippen MR) is 53.7 cm³/mol. The SMILES string of the molecule is CCCCc1ccccc1C([NH-])=O.[Cl-].[Cl-].[Zr+3]. The van der Waals surface area contributed by atoms with Crippen LogP contribution in [0.2, 0.25) is 0 Å². The molecule has 1 aromatic rings. The van der Waals surface area contributed by atoms with Crippen molar-refractivity contribution in [1.29, 1.82) is 0 Å². The number of unbranched alkanes of at least 4 members (excludes halogenated alkanes) is 1. The van der Waals surface area contributed by atoms with Crippen molar-refractivity contribution in [3.8, 4) is 0 Å².